The van der Waals surface area contributed by atoms with Gasteiger partial charge in [-0.15, -0.1) is 0 Å². The van der Waals surface area contributed by atoms with Crippen LogP contribution in [0.4, 0.5) is 0 Å². The summed E-state index contributed by atoms with van der Waals surface area (Å²) in [5.74, 6) is -0.152. The minimum Gasteiger partial charge on any atom is -0.352 e. The van der Waals surface area contributed by atoms with Crippen LogP contribution in [0.1, 0.15) is 35.4 Å². The maximum Gasteiger partial charge on any atom is 0.331 e. The third kappa shape index (κ3) is 5.43. The van der Waals surface area contributed by atoms with Crippen LogP contribution in [0.3, 0.4) is 0 Å². The molecule has 0 saturated heterocycles. The van der Waals surface area contributed by atoms with Crippen molar-refractivity contribution in [3.63, 3.8) is 0 Å². The zero-order valence-corrected chi connectivity index (χ0v) is 21.9. The van der Waals surface area contributed by atoms with Crippen molar-refractivity contribution in [3.8, 4) is 0 Å². The molecule has 1 N–H and O–H groups in total. The zero-order chi connectivity index (χ0) is 27.5. The fraction of sp³-hybridized carbons (Fsp3) is 0.233. The third-order valence-corrected chi connectivity index (χ3v) is 6.78. The van der Waals surface area contributed by atoms with Gasteiger partial charge < -0.3 is 5.32 Å². The zero-order valence-electron chi connectivity index (χ0n) is 21.9. The van der Waals surface area contributed by atoms with E-state index in [0.29, 0.717) is 35.2 Å². The monoisotopic (exact) mass is 523 g/mol. The first-order chi connectivity index (χ1) is 18.8. The summed E-state index contributed by atoms with van der Waals surface area (Å²) >= 11 is 0. The molecule has 0 aliphatic carbocycles. The van der Waals surface area contributed by atoms with Crippen LogP contribution in [0.15, 0.2) is 87.2 Å². The largest absolute Gasteiger partial charge is 0.352 e. The van der Waals surface area contributed by atoms with Crippen LogP contribution >= 0.6 is 0 Å². The Morgan fingerprint density at radius 3 is 2.46 bits per heavy atom. The molecule has 198 valence electrons. The Kier molecular flexibility index (Phi) is 7.23. The number of amides is 1. The molecule has 0 bridgehead atoms. The molecule has 0 fully saturated rings. The topological polar surface area (TPSA) is 107 Å². The van der Waals surface area contributed by atoms with Crippen LogP contribution in [0.2, 0.25) is 0 Å². The predicted molar refractivity (Wildman–Crippen MR) is 150 cm³/mol. The molecule has 0 saturated carbocycles. The predicted octanol–water partition coefficient (Wildman–Crippen LogP) is 2.93. The van der Waals surface area contributed by atoms with Crippen molar-refractivity contribution in [2.24, 2.45) is 0 Å². The van der Waals surface area contributed by atoms with Crippen molar-refractivity contribution in [1.82, 2.24) is 23.8 Å². The van der Waals surface area contributed by atoms with Gasteiger partial charge in [-0.05, 0) is 50.1 Å². The number of carbonyl (C=O) groups excluding carboxylic acids is 1. The minimum atomic E-state index is -0.509. The molecular weight excluding hydrogens is 494 g/mol. The fourth-order valence-corrected chi connectivity index (χ4v) is 4.72. The highest BCUT2D eigenvalue weighted by molar-refractivity contribution is 5.78. The lowest BCUT2D eigenvalue weighted by molar-refractivity contribution is -0.121. The van der Waals surface area contributed by atoms with Crippen LogP contribution in [-0.4, -0.2) is 24.4 Å². The number of nitrogens with one attached hydrogen (secondary N) is 1. The van der Waals surface area contributed by atoms with Crippen molar-refractivity contribution < 1.29 is 4.79 Å². The lowest BCUT2D eigenvalue weighted by Crippen LogP contribution is -2.40. The standard InChI is InChI=1S/C30H29N5O4/c1-20-12-14-22(15-13-20)18-31-27(36)11-6-16-33-29(38)24-8-3-4-9-25(24)34(30(33)39)19-23-17-28(37)35-21(2)7-5-10-26(35)32-23/h3-5,7-10,12-15,17H,6,11,16,18-19H2,1-2H3,(H,31,36). The first kappa shape index (κ1) is 25.8. The van der Waals surface area contributed by atoms with Gasteiger partial charge >= 0.3 is 5.69 Å². The molecule has 5 rings (SSSR count). The number of rotatable bonds is 8. The molecule has 0 aliphatic heterocycles. The van der Waals surface area contributed by atoms with Crippen LogP contribution < -0.4 is 22.1 Å². The molecule has 0 spiro atoms. The Labute approximate surface area is 224 Å². The highest BCUT2D eigenvalue weighted by Gasteiger charge is 2.15. The molecule has 3 heterocycles. The van der Waals surface area contributed by atoms with Gasteiger partial charge in [0.05, 0.1) is 23.1 Å². The number of pyridine rings is 1. The number of benzene rings is 2. The Hall–Kier alpha value is -4.79. The number of fused-ring (bicyclic) bond motifs is 2. The number of carbonyl (C=O) groups is 1. The first-order valence-corrected chi connectivity index (χ1v) is 12.8. The van der Waals surface area contributed by atoms with E-state index in [9.17, 15) is 19.2 Å². The summed E-state index contributed by atoms with van der Waals surface area (Å²) in [5, 5.41) is 3.27. The van der Waals surface area contributed by atoms with Crippen molar-refractivity contribution in [2.75, 3.05) is 0 Å². The molecular formula is C30H29N5O4. The fourth-order valence-electron chi connectivity index (χ4n) is 4.72. The Balaban J connectivity index is 1.39. The molecule has 0 aliphatic rings. The highest BCUT2D eigenvalue weighted by Crippen LogP contribution is 2.11. The third-order valence-electron chi connectivity index (χ3n) is 6.78. The Morgan fingerprint density at radius 2 is 1.67 bits per heavy atom. The van der Waals surface area contributed by atoms with Gasteiger partial charge in [0.15, 0.2) is 0 Å². The van der Waals surface area contributed by atoms with E-state index in [2.05, 4.69) is 10.3 Å². The summed E-state index contributed by atoms with van der Waals surface area (Å²) in [4.78, 5) is 56.5. The summed E-state index contributed by atoms with van der Waals surface area (Å²) in [5.41, 5.74) is 3.12. The molecule has 2 aromatic carbocycles. The minimum absolute atomic E-state index is 0.0242. The second-order valence-corrected chi connectivity index (χ2v) is 9.66. The number of aryl methyl sites for hydroxylation is 2. The van der Waals surface area contributed by atoms with Gasteiger partial charge in [-0.1, -0.05) is 48.0 Å². The number of nitrogens with zero attached hydrogens (tertiary/aromatic N) is 4. The number of hydrogen-bond donors (Lipinski definition) is 1. The van der Waals surface area contributed by atoms with Gasteiger partial charge in [0.1, 0.15) is 5.65 Å². The summed E-state index contributed by atoms with van der Waals surface area (Å²) < 4.78 is 4.13. The molecule has 0 atom stereocenters. The van der Waals surface area contributed by atoms with Crippen LogP contribution in [0.5, 0.6) is 0 Å². The lowest BCUT2D eigenvalue weighted by atomic mass is 10.1. The van der Waals surface area contributed by atoms with Crippen molar-refractivity contribution in [3.05, 3.63) is 127 Å². The number of para-hydroxylation sites is 1. The van der Waals surface area contributed by atoms with Gasteiger partial charge in [0, 0.05) is 31.3 Å². The van der Waals surface area contributed by atoms with Gasteiger partial charge in [0.25, 0.3) is 11.1 Å². The number of hydrogen-bond acceptors (Lipinski definition) is 5. The lowest BCUT2D eigenvalue weighted by Gasteiger charge is -2.14. The van der Waals surface area contributed by atoms with Crippen molar-refractivity contribution in [2.45, 2.75) is 46.3 Å². The number of aromatic nitrogens is 4. The second kappa shape index (κ2) is 10.9. The van der Waals surface area contributed by atoms with Gasteiger partial charge in [-0.25, -0.2) is 9.78 Å². The highest BCUT2D eigenvalue weighted by atomic mass is 16.2. The van der Waals surface area contributed by atoms with Crippen LogP contribution in [0, 0.1) is 13.8 Å². The SMILES string of the molecule is Cc1ccc(CNC(=O)CCCn2c(=O)c3ccccc3n(Cc3cc(=O)n4c(C)cccc4n3)c2=O)cc1. The smallest absolute Gasteiger partial charge is 0.331 e. The molecule has 9 nitrogen and oxygen atoms in total. The van der Waals surface area contributed by atoms with E-state index in [1.54, 1.807) is 30.3 Å². The average molecular weight is 524 g/mol. The van der Waals surface area contributed by atoms with Gasteiger partial charge in [-0.3, -0.25) is 27.9 Å². The average Bonchev–Trinajstić information content (AvgIpc) is 2.92. The first-order valence-electron chi connectivity index (χ1n) is 12.8. The molecule has 3 aromatic heterocycles. The van der Waals surface area contributed by atoms with Crippen LogP contribution in [0.25, 0.3) is 16.6 Å². The van der Waals surface area contributed by atoms with E-state index in [4.69, 9.17) is 0 Å². The van der Waals surface area contributed by atoms with E-state index in [0.717, 1.165) is 21.4 Å². The van der Waals surface area contributed by atoms with E-state index in [-0.39, 0.29) is 31.0 Å². The van der Waals surface area contributed by atoms with E-state index < -0.39 is 11.2 Å². The second-order valence-electron chi connectivity index (χ2n) is 9.66. The molecule has 0 unspecified atom stereocenters. The van der Waals surface area contributed by atoms with E-state index in [1.165, 1.54) is 15.0 Å². The van der Waals surface area contributed by atoms with Gasteiger partial charge in [-0.2, -0.15) is 0 Å². The molecule has 39 heavy (non-hydrogen) atoms. The van der Waals surface area contributed by atoms with Crippen molar-refractivity contribution >= 4 is 22.5 Å². The normalized spacial score (nSPS) is 11.2. The summed E-state index contributed by atoms with van der Waals surface area (Å²) in [6, 6.07) is 21.6. The Bertz CT molecular complexity index is 1870. The summed E-state index contributed by atoms with van der Waals surface area (Å²) in [7, 11) is 0. The molecule has 9 heteroatoms. The van der Waals surface area contributed by atoms with Crippen molar-refractivity contribution in [1.29, 1.82) is 0 Å². The quantitative estimate of drug-likeness (QED) is 0.337. The maximum atomic E-state index is 13.5. The van der Waals surface area contributed by atoms with E-state index in [1.807, 2.05) is 50.2 Å². The Morgan fingerprint density at radius 1 is 0.897 bits per heavy atom. The van der Waals surface area contributed by atoms with Gasteiger partial charge in [0.2, 0.25) is 5.91 Å². The molecule has 5 aromatic rings. The molecule has 1 amide bonds. The summed E-state index contributed by atoms with van der Waals surface area (Å²) in [6.45, 7) is 4.36. The van der Waals surface area contributed by atoms with E-state index >= 15 is 0 Å². The van der Waals surface area contributed by atoms with Crippen LogP contribution in [-0.2, 0) is 24.4 Å². The molecule has 0 radical (unpaired) electrons. The summed E-state index contributed by atoms with van der Waals surface area (Å²) in [6.07, 6.45) is 0.495. The maximum absolute atomic E-state index is 13.5.